The third-order valence-electron chi connectivity index (χ3n) is 13.3. The highest BCUT2D eigenvalue weighted by Gasteiger charge is 2.33. The van der Waals surface area contributed by atoms with Crippen LogP contribution in [0.4, 0.5) is 0 Å². The normalized spacial score (nSPS) is 12.4. The Hall–Kier alpha value is -5.74. The number of carbonyl (C=O) groups excluding carboxylic acids is 10. The minimum atomic E-state index is -1.47. The van der Waals surface area contributed by atoms with Gasteiger partial charge < -0.3 is 117 Å². The lowest BCUT2D eigenvalue weighted by molar-refractivity contribution is -0.197. The fraction of sp³-hybridized carbons (Fsp3) is 0.839. The van der Waals surface area contributed by atoms with E-state index in [1.165, 1.54) is 4.90 Å². The van der Waals surface area contributed by atoms with Gasteiger partial charge >= 0.3 is 5.97 Å². The molecule has 9 amide bonds. The molecule has 5 N–H and O–H groups in total. The zero-order valence-electron chi connectivity index (χ0n) is 57.7. The summed E-state index contributed by atoms with van der Waals surface area (Å²) in [6.07, 6.45) is -1.23. The van der Waals surface area contributed by atoms with Crippen LogP contribution < -0.4 is 26.6 Å². The monoisotopic (exact) mass is 1400 g/mol. The van der Waals surface area contributed by atoms with E-state index in [-0.39, 0.29) is 168 Å². The molecule has 1 heterocycles. The maximum absolute atomic E-state index is 14.8. The molecule has 0 saturated carbocycles. The second-order valence-corrected chi connectivity index (χ2v) is 21.1. The molecular formula is C62H112N8O27. The van der Waals surface area contributed by atoms with Gasteiger partial charge in [-0.3, -0.25) is 43.2 Å². The highest BCUT2D eigenvalue weighted by Crippen LogP contribution is 2.14. The first-order valence-electron chi connectivity index (χ1n) is 33.1. The maximum atomic E-state index is 14.8. The number of hydrogen-bond acceptors (Lipinski definition) is 27. The highest BCUT2D eigenvalue weighted by atomic mass is 16.7. The molecule has 1 fully saturated rings. The predicted molar refractivity (Wildman–Crippen MR) is 343 cm³/mol. The lowest BCUT2D eigenvalue weighted by Gasteiger charge is -2.28. The Labute approximate surface area is 570 Å². The van der Waals surface area contributed by atoms with Crippen molar-refractivity contribution in [1.29, 1.82) is 0 Å². The smallest absolute Gasteiger partial charge is 0.333 e. The molecule has 1 saturated heterocycles. The zero-order chi connectivity index (χ0) is 70.9. The quantitative estimate of drug-likeness (QED) is 0.0310. The molecule has 562 valence electrons. The van der Waals surface area contributed by atoms with Crippen molar-refractivity contribution in [3.05, 3.63) is 0 Å². The average Bonchev–Trinajstić information content (AvgIpc) is 1.88. The van der Waals surface area contributed by atoms with Gasteiger partial charge in [0.05, 0.1) is 198 Å². The molecule has 0 aromatic rings. The van der Waals surface area contributed by atoms with Crippen molar-refractivity contribution < 1.29 is 129 Å². The third-order valence-corrected chi connectivity index (χ3v) is 13.3. The SMILES string of the molecule is COCCOCCOCCOCCNC(=O)CCCNC(=O)CN(CCOCCOCCOCCOC)C(=O)CCC(NC(=O)CCCC(=O)ON1C(=O)CCC1=O)C(=O)N(CCOCCOCCOCCOC)CC(=O)NCCCC(=O)NCCOCCOCCOCCOC. The highest BCUT2D eigenvalue weighted by molar-refractivity contribution is 6.01. The molecule has 0 aromatic heterocycles. The van der Waals surface area contributed by atoms with E-state index >= 15 is 0 Å². The van der Waals surface area contributed by atoms with E-state index in [1.807, 2.05) is 0 Å². The van der Waals surface area contributed by atoms with Crippen molar-refractivity contribution >= 4 is 59.1 Å². The average molecular weight is 1400 g/mol. The summed E-state index contributed by atoms with van der Waals surface area (Å²) in [5, 5.41) is 14.0. The Morgan fingerprint density at radius 1 is 0.361 bits per heavy atom. The van der Waals surface area contributed by atoms with Gasteiger partial charge in [0.25, 0.3) is 11.8 Å². The Bertz CT molecular complexity index is 2080. The van der Waals surface area contributed by atoms with Gasteiger partial charge in [0.1, 0.15) is 6.04 Å². The molecule has 0 spiro atoms. The Balaban J connectivity index is 3.18. The summed E-state index contributed by atoms with van der Waals surface area (Å²) < 4.78 is 85.8. The van der Waals surface area contributed by atoms with E-state index in [9.17, 15) is 47.9 Å². The first-order chi connectivity index (χ1) is 47.3. The van der Waals surface area contributed by atoms with Crippen LogP contribution in [0, 0.1) is 0 Å². The maximum Gasteiger partial charge on any atom is 0.333 e. The molecular weight excluding hydrogens is 1290 g/mol. The van der Waals surface area contributed by atoms with Gasteiger partial charge in [-0.1, -0.05) is 0 Å². The standard InChI is InChI=1S/C62H112N8O27/c1-81-26-30-89-42-46-93-38-34-85-22-18-65-53(71)9-6-16-63-56(74)50-68(20-24-87-36-40-95-48-44-91-32-28-83-3)58(76)13-12-52(67-55(73)8-5-11-61(79)97-70-59(77)14-15-60(70)78)62(80)69(21-25-88-37-41-96-49-45-92-33-29-84-4)51-57(75)64-17-7-10-54(72)66-19-23-86-35-39-94-47-43-90-31-27-82-2/h52H,5-51H2,1-4H3,(H,63,74)(H,64,75)(H,65,71)(H,66,72)(H,67,73). The Morgan fingerprint density at radius 3 is 1.06 bits per heavy atom. The van der Waals surface area contributed by atoms with Gasteiger partial charge in [-0.25, -0.2) is 4.79 Å². The van der Waals surface area contributed by atoms with E-state index in [0.29, 0.717) is 131 Å². The minimum absolute atomic E-state index is 0.0323. The van der Waals surface area contributed by atoms with Crippen molar-refractivity contribution in [2.45, 2.75) is 76.7 Å². The van der Waals surface area contributed by atoms with Gasteiger partial charge in [0, 0.05) is 113 Å². The molecule has 0 aliphatic carbocycles. The number of methoxy groups -OCH3 is 4. The molecule has 97 heavy (non-hydrogen) atoms. The lowest BCUT2D eigenvalue weighted by atomic mass is 10.1. The van der Waals surface area contributed by atoms with Crippen LogP contribution >= 0.6 is 0 Å². The van der Waals surface area contributed by atoms with Gasteiger partial charge in [-0.05, 0) is 25.7 Å². The largest absolute Gasteiger partial charge is 0.382 e. The topological polar surface area (TPSA) is 397 Å². The predicted octanol–water partition coefficient (Wildman–Crippen LogP) is -2.50. The number of ether oxygens (including phenoxy) is 16. The second kappa shape index (κ2) is 64.9. The summed E-state index contributed by atoms with van der Waals surface area (Å²) >= 11 is 0. The van der Waals surface area contributed by atoms with Crippen LogP contribution in [0.5, 0.6) is 0 Å². The summed E-state index contributed by atoms with van der Waals surface area (Å²) in [6, 6.07) is -1.47. The van der Waals surface area contributed by atoms with Gasteiger partial charge in [0.15, 0.2) is 0 Å². The Kier molecular flexibility index (Phi) is 59.7. The molecule has 35 heteroatoms. The number of hydrogen-bond donors (Lipinski definition) is 5. The van der Waals surface area contributed by atoms with Crippen molar-refractivity contribution in [2.75, 3.05) is 266 Å². The number of hydroxylamine groups is 2. The second-order valence-electron chi connectivity index (χ2n) is 21.1. The van der Waals surface area contributed by atoms with Crippen LogP contribution in [0.3, 0.4) is 0 Å². The third kappa shape index (κ3) is 53.9. The molecule has 0 aromatic carbocycles. The van der Waals surface area contributed by atoms with Crippen molar-refractivity contribution in [1.82, 2.24) is 41.4 Å². The molecule has 1 rings (SSSR count). The number of nitrogens with one attached hydrogen (secondary N) is 5. The van der Waals surface area contributed by atoms with E-state index in [0.717, 1.165) is 4.90 Å². The van der Waals surface area contributed by atoms with Gasteiger partial charge in [0.2, 0.25) is 41.4 Å². The summed E-state index contributed by atoms with van der Waals surface area (Å²) in [7, 11) is 6.31. The van der Waals surface area contributed by atoms with Gasteiger partial charge in [-0.15, -0.1) is 5.06 Å². The number of amides is 9. The number of rotatable bonds is 70. The van der Waals surface area contributed by atoms with Crippen LogP contribution in [0.2, 0.25) is 0 Å². The number of nitrogens with zero attached hydrogens (tertiary/aromatic N) is 3. The molecule has 0 bridgehead atoms. The molecule has 35 nitrogen and oxygen atoms in total. The molecule has 1 aliphatic heterocycles. The summed E-state index contributed by atoms with van der Waals surface area (Å²) in [6.45, 7) is 8.24. The first-order valence-corrected chi connectivity index (χ1v) is 33.1. The van der Waals surface area contributed by atoms with Crippen molar-refractivity contribution in [2.24, 2.45) is 0 Å². The van der Waals surface area contributed by atoms with Crippen molar-refractivity contribution in [3.8, 4) is 0 Å². The van der Waals surface area contributed by atoms with Crippen molar-refractivity contribution in [3.63, 3.8) is 0 Å². The van der Waals surface area contributed by atoms with E-state index < -0.39 is 79.3 Å². The van der Waals surface area contributed by atoms with Crippen LogP contribution in [0.25, 0.3) is 0 Å². The number of carbonyl (C=O) groups is 10. The minimum Gasteiger partial charge on any atom is -0.382 e. The lowest BCUT2D eigenvalue weighted by Crippen LogP contribution is -2.52. The fourth-order valence-electron chi connectivity index (χ4n) is 8.13. The van der Waals surface area contributed by atoms with E-state index in [2.05, 4.69) is 26.6 Å². The van der Waals surface area contributed by atoms with E-state index in [4.69, 9.17) is 80.6 Å². The summed E-state index contributed by atoms with van der Waals surface area (Å²) in [4.78, 5) is 139. The van der Waals surface area contributed by atoms with Crippen LogP contribution in [-0.2, 0) is 129 Å². The van der Waals surface area contributed by atoms with Crippen LogP contribution in [0.1, 0.15) is 70.6 Å². The molecule has 1 aliphatic rings. The zero-order valence-corrected chi connectivity index (χ0v) is 57.7. The fourth-order valence-corrected chi connectivity index (χ4v) is 8.13. The molecule has 1 atom stereocenters. The molecule has 0 radical (unpaired) electrons. The van der Waals surface area contributed by atoms with Gasteiger partial charge in [-0.2, -0.15) is 0 Å². The number of imide groups is 1. The summed E-state index contributed by atoms with van der Waals surface area (Å²) in [5.74, 6) is -6.16. The van der Waals surface area contributed by atoms with E-state index in [1.54, 1.807) is 28.4 Å². The Morgan fingerprint density at radius 2 is 0.680 bits per heavy atom. The van der Waals surface area contributed by atoms with Crippen LogP contribution in [-0.4, -0.2) is 346 Å². The molecule has 1 unspecified atom stereocenters. The first kappa shape index (κ1) is 89.3. The summed E-state index contributed by atoms with van der Waals surface area (Å²) in [5.41, 5.74) is 0. The van der Waals surface area contributed by atoms with Crippen LogP contribution in [0.15, 0.2) is 0 Å².